The molecular weight excluding hydrogens is 324 g/mol. The lowest BCUT2D eigenvalue weighted by atomic mass is 10.0. The van der Waals surface area contributed by atoms with Gasteiger partial charge in [0.05, 0.1) is 23.9 Å². The molecule has 0 unspecified atom stereocenters. The van der Waals surface area contributed by atoms with Crippen molar-refractivity contribution in [3.8, 4) is 0 Å². The normalized spacial score (nSPS) is 20.6. The minimum atomic E-state index is -0.798. The van der Waals surface area contributed by atoms with Crippen molar-refractivity contribution in [2.24, 2.45) is 0 Å². The van der Waals surface area contributed by atoms with Gasteiger partial charge in [0.2, 0.25) is 11.8 Å². The predicted octanol–water partition coefficient (Wildman–Crippen LogP) is -0.239. The number of aromatic nitrogens is 2. The summed E-state index contributed by atoms with van der Waals surface area (Å²) in [6.07, 6.45) is 1.42. The Morgan fingerprint density at radius 2 is 2.20 bits per heavy atom. The van der Waals surface area contributed by atoms with E-state index in [1.54, 1.807) is 15.8 Å². The summed E-state index contributed by atoms with van der Waals surface area (Å²) < 4.78 is 6.46. The second-order valence-corrected chi connectivity index (χ2v) is 6.16. The van der Waals surface area contributed by atoms with E-state index in [0.717, 1.165) is 10.9 Å². The van der Waals surface area contributed by atoms with E-state index in [-0.39, 0.29) is 37.6 Å². The second-order valence-electron chi connectivity index (χ2n) is 6.16. The minimum Gasteiger partial charge on any atom is -0.389 e. The molecule has 2 heterocycles. The van der Waals surface area contributed by atoms with Gasteiger partial charge in [0, 0.05) is 25.6 Å². The van der Waals surface area contributed by atoms with Gasteiger partial charge in [0.25, 0.3) is 0 Å². The van der Waals surface area contributed by atoms with E-state index in [1.165, 1.54) is 7.11 Å². The Labute approximate surface area is 145 Å². The lowest BCUT2D eigenvalue weighted by Gasteiger charge is -2.36. The van der Waals surface area contributed by atoms with Gasteiger partial charge in [-0.25, -0.2) is 0 Å². The first-order valence-corrected chi connectivity index (χ1v) is 8.23. The molecule has 134 valence electrons. The molecular formula is C17H22N4O4. The highest BCUT2D eigenvalue weighted by Gasteiger charge is 2.31. The lowest BCUT2D eigenvalue weighted by Crippen LogP contribution is -2.56. The number of benzene rings is 1. The highest BCUT2D eigenvalue weighted by atomic mass is 16.5. The van der Waals surface area contributed by atoms with Gasteiger partial charge < -0.3 is 20.1 Å². The molecule has 1 aromatic heterocycles. The second kappa shape index (κ2) is 7.62. The molecule has 1 aliphatic rings. The van der Waals surface area contributed by atoms with Crippen molar-refractivity contribution in [3.05, 3.63) is 30.5 Å². The zero-order valence-electron chi connectivity index (χ0n) is 14.1. The lowest BCUT2D eigenvalue weighted by molar-refractivity contribution is -0.139. The molecule has 2 N–H and O–H groups in total. The zero-order chi connectivity index (χ0) is 17.8. The average molecular weight is 346 g/mol. The molecule has 2 amide bonds. The number of amides is 2. The monoisotopic (exact) mass is 346 g/mol. The molecule has 1 fully saturated rings. The molecule has 0 radical (unpaired) electrons. The summed E-state index contributed by atoms with van der Waals surface area (Å²) in [5.41, 5.74) is 0.887. The van der Waals surface area contributed by atoms with E-state index >= 15 is 0 Å². The van der Waals surface area contributed by atoms with Crippen molar-refractivity contribution < 1.29 is 19.4 Å². The third-order valence-corrected chi connectivity index (χ3v) is 4.39. The fraction of sp³-hybridized carbons (Fsp3) is 0.471. The Balaban J connectivity index is 1.56. The van der Waals surface area contributed by atoms with E-state index in [1.807, 2.05) is 24.3 Å². The average Bonchev–Trinajstić information content (AvgIpc) is 3.00. The van der Waals surface area contributed by atoms with Crippen LogP contribution in [0.1, 0.15) is 6.42 Å². The van der Waals surface area contributed by atoms with Crippen molar-refractivity contribution in [1.29, 1.82) is 0 Å². The van der Waals surface area contributed by atoms with Gasteiger partial charge in [-0.2, -0.15) is 5.10 Å². The topological polar surface area (TPSA) is 96.7 Å². The van der Waals surface area contributed by atoms with Crippen LogP contribution in [0.3, 0.4) is 0 Å². The van der Waals surface area contributed by atoms with Gasteiger partial charge >= 0.3 is 0 Å². The smallest absolute Gasteiger partial charge is 0.248 e. The molecule has 1 aliphatic heterocycles. The number of nitrogens with zero attached hydrogens (tertiary/aromatic N) is 3. The van der Waals surface area contributed by atoms with Crippen LogP contribution in [0.5, 0.6) is 0 Å². The largest absolute Gasteiger partial charge is 0.389 e. The highest BCUT2D eigenvalue weighted by Crippen LogP contribution is 2.14. The van der Waals surface area contributed by atoms with E-state index in [4.69, 9.17) is 4.74 Å². The van der Waals surface area contributed by atoms with Gasteiger partial charge in [0.15, 0.2) is 0 Å². The number of nitrogens with one attached hydrogen (secondary N) is 1. The summed E-state index contributed by atoms with van der Waals surface area (Å²) in [4.78, 5) is 25.7. The fourth-order valence-electron chi connectivity index (χ4n) is 3.08. The van der Waals surface area contributed by atoms with Crippen LogP contribution >= 0.6 is 0 Å². The van der Waals surface area contributed by atoms with Gasteiger partial charge in [0.1, 0.15) is 13.2 Å². The Hall–Kier alpha value is -2.45. The first kappa shape index (κ1) is 17.4. The number of aliphatic hydroxyl groups is 1. The van der Waals surface area contributed by atoms with Gasteiger partial charge in [-0.3, -0.25) is 14.3 Å². The van der Waals surface area contributed by atoms with E-state index in [0.29, 0.717) is 13.0 Å². The summed E-state index contributed by atoms with van der Waals surface area (Å²) in [6.45, 7) is 0.756. The molecule has 2 atom stereocenters. The summed E-state index contributed by atoms with van der Waals surface area (Å²) in [6, 6.07) is 7.29. The van der Waals surface area contributed by atoms with Crippen LogP contribution in [0.4, 0.5) is 0 Å². The Bertz CT molecular complexity index is 760. The van der Waals surface area contributed by atoms with E-state index in [9.17, 15) is 14.7 Å². The van der Waals surface area contributed by atoms with Crippen molar-refractivity contribution in [2.45, 2.75) is 25.1 Å². The molecule has 1 aromatic carbocycles. The van der Waals surface area contributed by atoms with Crippen molar-refractivity contribution in [2.75, 3.05) is 26.8 Å². The maximum atomic E-state index is 12.3. The Kier molecular flexibility index (Phi) is 5.30. The number of methoxy groups -OCH3 is 1. The third-order valence-electron chi connectivity index (χ3n) is 4.39. The van der Waals surface area contributed by atoms with Crippen LogP contribution in [-0.2, 0) is 20.9 Å². The first-order chi connectivity index (χ1) is 12.1. The van der Waals surface area contributed by atoms with E-state index in [2.05, 4.69) is 10.4 Å². The predicted molar refractivity (Wildman–Crippen MR) is 90.7 cm³/mol. The van der Waals surface area contributed by atoms with Crippen LogP contribution in [0.15, 0.2) is 30.5 Å². The maximum Gasteiger partial charge on any atom is 0.248 e. The molecule has 25 heavy (non-hydrogen) atoms. The third kappa shape index (κ3) is 3.97. The fourth-order valence-corrected chi connectivity index (χ4v) is 3.08. The SMILES string of the molecule is COCC(=O)N1CC[C@@H](NC(=O)Cn2ncc3ccccc32)[C@H](O)C1. The van der Waals surface area contributed by atoms with Gasteiger partial charge in [-0.05, 0) is 12.5 Å². The molecule has 3 rings (SSSR count). The molecule has 8 nitrogen and oxygen atoms in total. The molecule has 8 heteroatoms. The molecule has 2 aromatic rings. The number of β-amino-alcohol motifs (C(OH)–C–C–N with tert-alkyl or cyclic N) is 1. The van der Waals surface area contributed by atoms with Gasteiger partial charge in [-0.15, -0.1) is 0 Å². The van der Waals surface area contributed by atoms with Crippen molar-refractivity contribution in [3.63, 3.8) is 0 Å². The number of hydrogen-bond acceptors (Lipinski definition) is 5. The summed E-state index contributed by atoms with van der Waals surface area (Å²) in [5, 5.41) is 18.3. The Morgan fingerprint density at radius 1 is 1.40 bits per heavy atom. The number of para-hydroxylation sites is 1. The molecule has 0 spiro atoms. The van der Waals surface area contributed by atoms with Crippen molar-refractivity contribution >= 4 is 22.7 Å². The number of likely N-dealkylation sites (tertiary alicyclic amines) is 1. The number of rotatable bonds is 5. The Morgan fingerprint density at radius 3 is 2.96 bits per heavy atom. The first-order valence-electron chi connectivity index (χ1n) is 8.23. The molecule has 0 aliphatic carbocycles. The van der Waals surface area contributed by atoms with Crippen LogP contribution in [0.2, 0.25) is 0 Å². The molecule has 0 bridgehead atoms. The van der Waals surface area contributed by atoms with Crippen molar-refractivity contribution in [1.82, 2.24) is 20.0 Å². The number of carbonyl (C=O) groups excluding carboxylic acids is 2. The zero-order valence-corrected chi connectivity index (χ0v) is 14.1. The quantitative estimate of drug-likeness (QED) is 0.779. The number of carbonyl (C=O) groups is 2. The summed E-state index contributed by atoms with van der Waals surface area (Å²) >= 11 is 0. The highest BCUT2D eigenvalue weighted by molar-refractivity contribution is 5.82. The number of hydrogen-bond donors (Lipinski definition) is 2. The summed E-state index contributed by atoms with van der Waals surface area (Å²) in [5.74, 6) is -0.371. The number of piperidine rings is 1. The van der Waals surface area contributed by atoms with Crippen LogP contribution in [0, 0.1) is 0 Å². The van der Waals surface area contributed by atoms with E-state index < -0.39 is 6.10 Å². The maximum absolute atomic E-state index is 12.3. The van der Waals surface area contributed by atoms with Crippen LogP contribution in [-0.4, -0.2) is 70.6 Å². The number of aliphatic hydroxyl groups excluding tert-OH is 1. The molecule has 1 saturated heterocycles. The standard InChI is InChI=1S/C17H22N4O4/c1-25-11-17(24)20-7-6-13(15(22)9-20)19-16(23)10-21-14-5-3-2-4-12(14)8-18-21/h2-5,8,13,15,22H,6-7,9-11H2,1H3,(H,19,23)/t13-,15-/m1/s1. The summed E-state index contributed by atoms with van der Waals surface area (Å²) in [7, 11) is 1.46. The number of fused-ring (bicyclic) bond motifs is 1. The molecule has 0 saturated carbocycles. The number of ether oxygens (including phenoxy) is 1. The van der Waals surface area contributed by atoms with Gasteiger partial charge in [-0.1, -0.05) is 18.2 Å². The van der Waals surface area contributed by atoms with Crippen LogP contribution in [0.25, 0.3) is 10.9 Å². The minimum absolute atomic E-state index is 0.00385. The van der Waals surface area contributed by atoms with Crippen LogP contribution < -0.4 is 5.32 Å².